The maximum atomic E-state index is 12.4. The summed E-state index contributed by atoms with van der Waals surface area (Å²) in [7, 11) is 1.84. The number of hydrogen-bond acceptors (Lipinski definition) is 6. The number of aromatic nitrogens is 5. The number of benzene rings is 2. The van der Waals surface area contributed by atoms with E-state index in [1.165, 1.54) is 11.1 Å². The number of fused-ring (bicyclic) bond motifs is 2. The lowest BCUT2D eigenvalue weighted by atomic mass is 10.0. The van der Waals surface area contributed by atoms with E-state index < -0.39 is 5.91 Å². The van der Waals surface area contributed by atoms with Gasteiger partial charge in [-0.1, -0.05) is 36.4 Å². The molecule has 0 atom stereocenters. The molecule has 0 aliphatic carbocycles. The summed E-state index contributed by atoms with van der Waals surface area (Å²) in [5.74, 6) is 0.155. The van der Waals surface area contributed by atoms with Crippen molar-refractivity contribution in [2.45, 2.75) is 13.1 Å². The smallest absolute Gasteiger partial charge is 0.269 e. The van der Waals surface area contributed by atoms with E-state index in [0.29, 0.717) is 16.8 Å². The average molecular weight is 451 g/mol. The van der Waals surface area contributed by atoms with Gasteiger partial charge in [0.1, 0.15) is 11.6 Å². The number of nitrogens with two attached hydrogens (primary N) is 1. The van der Waals surface area contributed by atoms with Gasteiger partial charge >= 0.3 is 0 Å². The molecule has 9 heteroatoms. The maximum absolute atomic E-state index is 12.4. The van der Waals surface area contributed by atoms with Crippen LogP contribution in [0.15, 0.2) is 67.0 Å². The number of carbonyl (C=O) groups excluding carboxylic acids is 1. The Kier molecular flexibility index (Phi) is 4.38. The molecule has 5 aromatic rings. The summed E-state index contributed by atoms with van der Waals surface area (Å²) in [5, 5.41) is 19.0. The van der Waals surface area contributed by atoms with Gasteiger partial charge in [-0.25, -0.2) is 9.50 Å². The van der Waals surface area contributed by atoms with E-state index in [-0.39, 0.29) is 11.4 Å². The first-order chi connectivity index (χ1) is 16.5. The number of aryl methyl sites for hydroxylation is 1. The molecule has 0 saturated carbocycles. The molecular weight excluding hydrogens is 430 g/mol. The van der Waals surface area contributed by atoms with E-state index in [9.17, 15) is 9.90 Å². The van der Waals surface area contributed by atoms with Crippen LogP contribution >= 0.6 is 0 Å². The van der Waals surface area contributed by atoms with Crippen molar-refractivity contribution < 1.29 is 9.90 Å². The Hall–Kier alpha value is -4.66. The Morgan fingerprint density at radius 2 is 1.79 bits per heavy atom. The van der Waals surface area contributed by atoms with Crippen LogP contribution in [0, 0.1) is 0 Å². The average Bonchev–Trinajstić information content (AvgIpc) is 3.54. The van der Waals surface area contributed by atoms with Crippen molar-refractivity contribution in [3.8, 4) is 28.1 Å². The molecule has 2 aromatic carbocycles. The Morgan fingerprint density at radius 3 is 2.44 bits per heavy atom. The molecule has 6 rings (SSSR count). The van der Waals surface area contributed by atoms with Gasteiger partial charge < -0.3 is 15.7 Å². The van der Waals surface area contributed by atoms with Gasteiger partial charge in [0.25, 0.3) is 5.91 Å². The summed E-state index contributed by atoms with van der Waals surface area (Å²) in [6.45, 7) is 1.45. The van der Waals surface area contributed by atoms with Gasteiger partial charge in [-0.15, -0.1) is 0 Å². The standard InChI is InChI=1S/C25H21N7O2/c1-30-12-18(11-27-30)20-10-21(31-13-16-5-2-3-6-17(16)14-31)28-25-22(15-7-4-8-19(33)9-15)23(24(26)34)29-32(20)25/h2-12,33H,13-14H2,1H3,(H2,26,34). The third-order valence-corrected chi connectivity index (χ3v) is 6.11. The molecular formula is C25H21N7O2. The fraction of sp³-hybridized carbons (Fsp3) is 0.120. The van der Waals surface area contributed by atoms with Crippen molar-refractivity contribution in [2.24, 2.45) is 12.8 Å². The molecule has 1 amide bonds. The zero-order valence-electron chi connectivity index (χ0n) is 18.4. The van der Waals surface area contributed by atoms with Gasteiger partial charge in [0.05, 0.1) is 17.5 Å². The second kappa shape index (κ2) is 7.45. The van der Waals surface area contributed by atoms with Gasteiger partial charge in [-0.05, 0) is 28.8 Å². The normalized spacial score (nSPS) is 12.9. The predicted octanol–water partition coefficient (Wildman–Crippen LogP) is 3.12. The molecule has 0 unspecified atom stereocenters. The van der Waals surface area contributed by atoms with Crippen LogP contribution < -0.4 is 10.6 Å². The molecule has 0 bridgehead atoms. The van der Waals surface area contributed by atoms with Crippen molar-refractivity contribution in [1.29, 1.82) is 0 Å². The van der Waals surface area contributed by atoms with E-state index in [4.69, 9.17) is 10.7 Å². The predicted molar refractivity (Wildman–Crippen MR) is 127 cm³/mol. The lowest BCUT2D eigenvalue weighted by molar-refractivity contribution is 0.0996. The quantitative estimate of drug-likeness (QED) is 0.434. The molecule has 34 heavy (non-hydrogen) atoms. The topological polar surface area (TPSA) is 115 Å². The van der Waals surface area contributed by atoms with Gasteiger partial charge in [0, 0.05) is 38.0 Å². The van der Waals surface area contributed by atoms with E-state index in [1.807, 2.05) is 31.4 Å². The number of primary amides is 1. The summed E-state index contributed by atoms with van der Waals surface area (Å²) >= 11 is 0. The van der Waals surface area contributed by atoms with E-state index in [1.54, 1.807) is 39.7 Å². The van der Waals surface area contributed by atoms with Crippen molar-refractivity contribution in [1.82, 2.24) is 24.4 Å². The number of anilines is 1. The minimum Gasteiger partial charge on any atom is -0.508 e. The highest BCUT2D eigenvalue weighted by Crippen LogP contribution is 2.35. The van der Waals surface area contributed by atoms with Crippen LogP contribution in [-0.4, -0.2) is 35.4 Å². The molecule has 0 saturated heterocycles. The zero-order valence-corrected chi connectivity index (χ0v) is 18.4. The molecule has 1 aliphatic rings. The van der Waals surface area contributed by atoms with Crippen molar-refractivity contribution in [2.75, 3.05) is 4.90 Å². The molecule has 0 spiro atoms. The zero-order chi connectivity index (χ0) is 23.4. The Labute approximate surface area is 194 Å². The van der Waals surface area contributed by atoms with Crippen LogP contribution in [0.2, 0.25) is 0 Å². The molecule has 0 fully saturated rings. The highest BCUT2D eigenvalue weighted by atomic mass is 16.3. The first kappa shape index (κ1) is 20.0. The molecule has 3 N–H and O–H groups in total. The van der Waals surface area contributed by atoms with Crippen LogP contribution in [0.3, 0.4) is 0 Å². The summed E-state index contributed by atoms with van der Waals surface area (Å²) in [6.07, 6.45) is 3.63. The Balaban J connectivity index is 1.63. The van der Waals surface area contributed by atoms with Crippen LogP contribution in [0.1, 0.15) is 21.6 Å². The highest BCUT2D eigenvalue weighted by Gasteiger charge is 2.26. The summed E-state index contributed by atoms with van der Waals surface area (Å²) in [5.41, 5.74) is 11.5. The van der Waals surface area contributed by atoms with Crippen molar-refractivity contribution in [3.63, 3.8) is 0 Å². The van der Waals surface area contributed by atoms with Gasteiger partial charge in [-0.3, -0.25) is 9.48 Å². The van der Waals surface area contributed by atoms with Crippen LogP contribution in [-0.2, 0) is 20.1 Å². The molecule has 4 heterocycles. The van der Waals surface area contributed by atoms with Crippen LogP contribution in [0.4, 0.5) is 5.82 Å². The number of phenols is 1. The summed E-state index contributed by atoms with van der Waals surface area (Å²) < 4.78 is 3.34. The monoisotopic (exact) mass is 451 g/mol. The number of carbonyl (C=O) groups is 1. The summed E-state index contributed by atoms with van der Waals surface area (Å²) in [4.78, 5) is 19.6. The second-order valence-corrected chi connectivity index (χ2v) is 8.40. The van der Waals surface area contributed by atoms with Crippen molar-refractivity contribution >= 4 is 17.4 Å². The number of rotatable bonds is 4. The lowest BCUT2D eigenvalue weighted by Crippen LogP contribution is -2.17. The lowest BCUT2D eigenvalue weighted by Gasteiger charge is -2.18. The Bertz CT molecular complexity index is 1560. The van der Waals surface area contributed by atoms with Crippen LogP contribution in [0.25, 0.3) is 28.0 Å². The number of aromatic hydroxyl groups is 1. The largest absolute Gasteiger partial charge is 0.508 e. The minimum atomic E-state index is -0.670. The van der Waals surface area contributed by atoms with Crippen LogP contribution in [0.5, 0.6) is 5.75 Å². The molecule has 0 radical (unpaired) electrons. The number of amides is 1. The second-order valence-electron chi connectivity index (χ2n) is 8.40. The first-order valence-electron chi connectivity index (χ1n) is 10.8. The maximum Gasteiger partial charge on any atom is 0.269 e. The number of phenolic OH excluding ortho intramolecular Hbond substituents is 1. The van der Waals surface area contributed by atoms with Gasteiger partial charge in [0.2, 0.25) is 0 Å². The molecule has 1 aliphatic heterocycles. The van der Waals surface area contributed by atoms with Gasteiger partial charge in [0.15, 0.2) is 11.3 Å². The van der Waals surface area contributed by atoms with E-state index >= 15 is 0 Å². The fourth-order valence-electron chi connectivity index (χ4n) is 4.52. The van der Waals surface area contributed by atoms with E-state index in [2.05, 4.69) is 27.2 Å². The first-order valence-corrected chi connectivity index (χ1v) is 10.8. The number of hydrogen-bond donors (Lipinski definition) is 2. The van der Waals surface area contributed by atoms with E-state index in [0.717, 1.165) is 30.2 Å². The highest BCUT2D eigenvalue weighted by molar-refractivity contribution is 6.02. The third-order valence-electron chi connectivity index (χ3n) is 6.11. The summed E-state index contributed by atoms with van der Waals surface area (Å²) in [6, 6.07) is 16.9. The number of nitrogens with zero attached hydrogens (tertiary/aromatic N) is 6. The Morgan fingerprint density at radius 1 is 1.03 bits per heavy atom. The van der Waals surface area contributed by atoms with Crippen molar-refractivity contribution in [3.05, 3.63) is 83.8 Å². The molecule has 9 nitrogen and oxygen atoms in total. The van der Waals surface area contributed by atoms with Gasteiger partial charge in [-0.2, -0.15) is 10.2 Å². The molecule has 168 valence electrons. The minimum absolute atomic E-state index is 0.0749. The third kappa shape index (κ3) is 3.17. The SMILES string of the molecule is Cn1cc(-c2cc(N3Cc4ccccc4C3)nc3c(-c4cccc(O)c4)c(C(N)=O)nn23)cn1. The fourth-order valence-corrected chi connectivity index (χ4v) is 4.52. The molecule has 3 aromatic heterocycles.